The Morgan fingerprint density at radius 3 is 2.15 bits per heavy atom. The first-order chi connectivity index (χ1) is 21.9. The topological polar surface area (TPSA) is 163 Å². The number of ketones is 1. The zero-order valence-electron chi connectivity index (χ0n) is 29.4. The van der Waals surface area contributed by atoms with E-state index in [-0.39, 0.29) is 13.0 Å². The highest BCUT2D eigenvalue weighted by Gasteiger charge is 2.43. The van der Waals surface area contributed by atoms with Crippen LogP contribution in [-0.2, 0) is 35.1 Å². The maximum atomic E-state index is 13.7. The lowest BCUT2D eigenvalue weighted by Gasteiger charge is -2.36. The van der Waals surface area contributed by atoms with Crippen LogP contribution >= 0.6 is 0 Å². The number of alkyl carbamates (subject to hydrolysis) is 1. The van der Waals surface area contributed by atoms with Crippen LogP contribution in [0.5, 0.6) is 0 Å². The van der Waals surface area contributed by atoms with Gasteiger partial charge in [0.2, 0.25) is 23.5 Å². The molecule has 12 nitrogen and oxygen atoms in total. The molecule has 0 aliphatic carbocycles. The van der Waals surface area contributed by atoms with Gasteiger partial charge in [-0.15, -0.1) is 6.58 Å². The summed E-state index contributed by atoms with van der Waals surface area (Å²) < 4.78 is 5.34. The van der Waals surface area contributed by atoms with Crippen LogP contribution in [-0.4, -0.2) is 83.8 Å². The molecule has 1 saturated heterocycles. The van der Waals surface area contributed by atoms with Crippen LogP contribution in [0.1, 0.15) is 86.6 Å². The Balaban J connectivity index is 0.00000354. The number of nitrogens with one attached hydrogen (secondary N) is 4. The van der Waals surface area contributed by atoms with Crippen molar-refractivity contribution in [3.8, 4) is 0 Å². The number of benzene rings is 1. The summed E-state index contributed by atoms with van der Waals surface area (Å²) in [5.41, 5.74) is -0.424. The summed E-state index contributed by atoms with van der Waals surface area (Å²) in [4.78, 5) is 78.6. The molecule has 1 fully saturated rings. The lowest BCUT2D eigenvalue weighted by Crippen LogP contribution is -2.59. The highest BCUT2D eigenvalue weighted by atomic mass is 16.6. The molecule has 47 heavy (non-hydrogen) atoms. The molecular weight excluding hydrogens is 602 g/mol. The van der Waals surface area contributed by atoms with Gasteiger partial charge in [0, 0.05) is 13.1 Å². The van der Waals surface area contributed by atoms with Crippen molar-refractivity contribution < 1.29 is 33.5 Å². The SMILES string of the molecule is C=CCC(NC(=O)[C@@H]1CCCN1C(=O)[C@@H](NC(=O)OC(C)(C)C)C(C)(C)C)C(=O)C(=O)NCC(=O)NCCc1ccccc1.CCC. The number of likely N-dealkylation sites (tertiary alicyclic amines) is 1. The van der Waals surface area contributed by atoms with Crippen molar-refractivity contribution in [3.63, 3.8) is 0 Å². The first-order valence-corrected chi connectivity index (χ1v) is 16.3. The van der Waals surface area contributed by atoms with E-state index in [1.54, 1.807) is 41.5 Å². The third-order valence-electron chi connectivity index (χ3n) is 6.86. The number of amides is 5. The minimum atomic E-state index is -1.24. The van der Waals surface area contributed by atoms with Crippen molar-refractivity contribution in [1.29, 1.82) is 0 Å². The third-order valence-corrected chi connectivity index (χ3v) is 6.86. The summed E-state index contributed by atoms with van der Waals surface area (Å²) in [6.45, 7) is 18.6. The lowest BCUT2D eigenvalue weighted by molar-refractivity contribution is -0.144. The standard InChI is InChI=1S/C32H47N5O7.C3H8/c1-8-13-22(25(39)28(41)34-20-24(38)33-18-17-21-14-10-9-11-15-21)35-27(40)23-16-12-19-37(23)29(42)26(31(2,3)4)36-30(43)44-32(5,6)7;1-3-2/h8-11,14-15,22-23,26H,1,12-13,16-20H2,2-7H3,(H,33,38)(H,34,41)(H,35,40)(H,36,43);3H2,1-2H3/t22?,23-,26+;/m0./s1. The van der Waals surface area contributed by atoms with E-state index < -0.39 is 71.2 Å². The summed E-state index contributed by atoms with van der Waals surface area (Å²) >= 11 is 0. The summed E-state index contributed by atoms with van der Waals surface area (Å²) in [6, 6.07) is 6.43. The van der Waals surface area contributed by atoms with Crippen LogP contribution < -0.4 is 21.3 Å². The molecule has 0 radical (unpaired) electrons. The van der Waals surface area contributed by atoms with Crippen molar-refractivity contribution >= 4 is 35.5 Å². The Morgan fingerprint density at radius 2 is 1.60 bits per heavy atom. The van der Waals surface area contributed by atoms with E-state index >= 15 is 0 Å². The van der Waals surface area contributed by atoms with E-state index in [1.807, 2.05) is 30.3 Å². The summed E-state index contributed by atoms with van der Waals surface area (Å²) in [7, 11) is 0. The van der Waals surface area contributed by atoms with Crippen LogP contribution in [0.15, 0.2) is 43.0 Å². The molecule has 1 aliphatic heterocycles. The van der Waals surface area contributed by atoms with Gasteiger partial charge in [0.25, 0.3) is 5.91 Å². The fourth-order valence-electron chi connectivity index (χ4n) is 4.67. The van der Waals surface area contributed by atoms with Crippen molar-refractivity contribution in [2.75, 3.05) is 19.6 Å². The van der Waals surface area contributed by atoms with E-state index in [2.05, 4.69) is 41.7 Å². The Labute approximate surface area is 279 Å². The van der Waals surface area contributed by atoms with Gasteiger partial charge in [-0.05, 0) is 57.4 Å². The molecule has 1 aromatic rings. The fraction of sp³-hybridized carbons (Fsp3) is 0.600. The first-order valence-electron chi connectivity index (χ1n) is 16.3. The number of hydrogen-bond acceptors (Lipinski definition) is 7. The number of rotatable bonds is 13. The largest absolute Gasteiger partial charge is 0.444 e. The number of ether oxygens (including phenoxy) is 1. The van der Waals surface area contributed by atoms with Crippen LogP contribution in [0, 0.1) is 5.41 Å². The van der Waals surface area contributed by atoms with Gasteiger partial charge in [-0.2, -0.15) is 0 Å². The molecule has 2 rings (SSSR count). The van der Waals surface area contributed by atoms with Crippen molar-refractivity contribution in [3.05, 3.63) is 48.6 Å². The molecule has 12 heteroatoms. The molecule has 1 unspecified atom stereocenters. The Morgan fingerprint density at radius 1 is 0.979 bits per heavy atom. The van der Waals surface area contributed by atoms with Gasteiger partial charge in [-0.1, -0.05) is 77.4 Å². The summed E-state index contributed by atoms with van der Waals surface area (Å²) in [5, 5.41) is 10.2. The molecule has 1 aromatic carbocycles. The van der Waals surface area contributed by atoms with Crippen molar-refractivity contribution in [1.82, 2.24) is 26.2 Å². The van der Waals surface area contributed by atoms with E-state index in [9.17, 15) is 28.8 Å². The Hall–Kier alpha value is -4.22. The van der Waals surface area contributed by atoms with Gasteiger partial charge in [0.05, 0.1) is 6.54 Å². The van der Waals surface area contributed by atoms with Crippen LogP contribution in [0.4, 0.5) is 4.79 Å². The predicted octanol–water partition coefficient (Wildman–Crippen LogP) is 3.44. The third kappa shape index (κ3) is 14.8. The minimum absolute atomic E-state index is 0.0350. The minimum Gasteiger partial charge on any atom is -0.444 e. The number of nitrogens with zero attached hydrogens (tertiary/aromatic N) is 1. The highest BCUT2D eigenvalue weighted by molar-refractivity contribution is 6.38. The average Bonchev–Trinajstić information content (AvgIpc) is 3.48. The Bertz CT molecular complexity index is 1220. The maximum absolute atomic E-state index is 13.7. The summed E-state index contributed by atoms with van der Waals surface area (Å²) in [6.07, 6.45) is 3.34. The zero-order valence-corrected chi connectivity index (χ0v) is 29.4. The van der Waals surface area contributed by atoms with Gasteiger partial charge in [-0.3, -0.25) is 24.0 Å². The summed E-state index contributed by atoms with van der Waals surface area (Å²) in [5.74, 6) is -3.48. The van der Waals surface area contributed by atoms with E-state index in [1.165, 1.54) is 17.4 Å². The normalized spacial score (nSPS) is 15.6. The number of carbonyl (C=O) groups excluding carboxylic acids is 6. The molecule has 0 bridgehead atoms. The number of carbonyl (C=O) groups is 6. The van der Waals surface area contributed by atoms with E-state index in [0.29, 0.717) is 25.8 Å². The Kier molecular flexibility index (Phi) is 16.9. The molecule has 1 aliphatic rings. The number of hydrogen-bond donors (Lipinski definition) is 4. The average molecular weight is 658 g/mol. The predicted molar refractivity (Wildman–Crippen MR) is 181 cm³/mol. The first kappa shape index (κ1) is 40.8. The van der Waals surface area contributed by atoms with Crippen LogP contribution in [0.2, 0.25) is 0 Å². The molecule has 0 spiro atoms. The smallest absolute Gasteiger partial charge is 0.408 e. The zero-order chi connectivity index (χ0) is 35.8. The quantitative estimate of drug-likeness (QED) is 0.187. The molecule has 1 heterocycles. The molecule has 0 saturated carbocycles. The fourth-order valence-corrected chi connectivity index (χ4v) is 4.67. The molecule has 3 atom stereocenters. The highest BCUT2D eigenvalue weighted by Crippen LogP contribution is 2.26. The van der Waals surface area contributed by atoms with Gasteiger partial charge in [-0.25, -0.2) is 4.79 Å². The molecule has 0 aromatic heterocycles. The molecule has 5 amide bonds. The monoisotopic (exact) mass is 657 g/mol. The van der Waals surface area contributed by atoms with Crippen molar-refractivity contribution in [2.45, 2.75) is 111 Å². The van der Waals surface area contributed by atoms with E-state index in [0.717, 1.165) is 5.56 Å². The second-order valence-electron chi connectivity index (χ2n) is 13.6. The molecule has 4 N–H and O–H groups in total. The van der Waals surface area contributed by atoms with Crippen molar-refractivity contribution in [2.24, 2.45) is 5.41 Å². The van der Waals surface area contributed by atoms with Gasteiger partial charge < -0.3 is 30.9 Å². The molecular formula is C35H55N5O7. The van der Waals surface area contributed by atoms with Gasteiger partial charge in [0.1, 0.15) is 23.7 Å². The van der Waals surface area contributed by atoms with Crippen LogP contribution in [0.3, 0.4) is 0 Å². The second-order valence-corrected chi connectivity index (χ2v) is 13.6. The van der Waals surface area contributed by atoms with Gasteiger partial charge in [0.15, 0.2) is 0 Å². The lowest BCUT2D eigenvalue weighted by atomic mass is 9.85. The van der Waals surface area contributed by atoms with Gasteiger partial charge >= 0.3 is 6.09 Å². The number of Topliss-reactive ketones (excluding diaryl/α,β-unsaturated/α-hetero) is 1. The van der Waals surface area contributed by atoms with E-state index in [4.69, 9.17) is 4.74 Å². The molecule has 262 valence electrons. The van der Waals surface area contributed by atoms with Crippen LogP contribution in [0.25, 0.3) is 0 Å². The maximum Gasteiger partial charge on any atom is 0.408 e. The second kappa shape index (κ2) is 19.4.